The molecule has 0 aliphatic heterocycles. The number of nitrogens with one attached hydrogen (secondary N) is 1. The number of hydrogen-bond donors (Lipinski definition) is 2. The second kappa shape index (κ2) is 20.6. The lowest BCUT2D eigenvalue weighted by atomic mass is 9.75. The molecule has 0 spiro atoms. The normalized spacial score (nSPS) is 17.3. The average molecular weight is 1070 g/mol. The van der Waals surface area contributed by atoms with Crippen LogP contribution >= 0.6 is 45.2 Å². The van der Waals surface area contributed by atoms with Crippen molar-refractivity contribution in [2.24, 2.45) is 0 Å². The van der Waals surface area contributed by atoms with Gasteiger partial charge in [-0.25, -0.2) is 5.41 Å². The summed E-state index contributed by atoms with van der Waals surface area (Å²) >= 11 is 5.20. The first-order valence-electron chi connectivity index (χ1n) is 24.0. The fourth-order valence-corrected chi connectivity index (χ4v) is 12.1. The Kier molecular flexibility index (Phi) is 15.0. The van der Waals surface area contributed by atoms with Crippen molar-refractivity contribution in [1.29, 1.82) is 5.41 Å². The van der Waals surface area contributed by atoms with Gasteiger partial charge in [0.15, 0.2) is 0 Å². The first kappa shape index (κ1) is 46.4. The van der Waals surface area contributed by atoms with Gasteiger partial charge in [0, 0.05) is 14.9 Å². The molecular weight excluding hydrogens is 1010 g/mol. The van der Waals surface area contributed by atoms with Gasteiger partial charge in [-0.3, -0.25) is 5.41 Å². The zero-order valence-corrected chi connectivity index (χ0v) is 42.7. The van der Waals surface area contributed by atoms with Crippen LogP contribution in [0.15, 0.2) is 127 Å². The second-order valence-electron chi connectivity index (χ2n) is 18.6. The highest BCUT2D eigenvalue weighted by atomic mass is 127. The van der Waals surface area contributed by atoms with Gasteiger partial charge in [0.1, 0.15) is 0 Å². The van der Waals surface area contributed by atoms with Crippen molar-refractivity contribution in [2.45, 2.75) is 130 Å². The summed E-state index contributed by atoms with van der Waals surface area (Å²) in [5.74, 6) is 0.262. The Morgan fingerprint density at radius 2 is 1.05 bits per heavy atom. The molecule has 0 aromatic heterocycles. The molecule has 6 aromatic rings. The maximum atomic E-state index is 9.43. The largest absolute Gasteiger partial charge is 0.386 e. The van der Waals surface area contributed by atoms with E-state index < -0.39 is 0 Å². The fourth-order valence-electron chi connectivity index (χ4n) is 10.4. The molecule has 330 valence electrons. The molecule has 64 heavy (non-hydrogen) atoms. The van der Waals surface area contributed by atoms with E-state index >= 15 is 0 Å². The average Bonchev–Trinajstić information content (AvgIpc) is 3.72. The van der Waals surface area contributed by atoms with Crippen molar-refractivity contribution >= 4 is 57.0 Å². The molecule has 0 fully saturated rings. The Bertz CT molecular complexity index is 2490. The van der Waals surface area contributed by atoms with Gasteiger partial charge in [-0.15, -0.1) is 0 Å². The fraction of sp³-hybridized carbons (Fsp3) is 0.356. The third-order valence-electron chi connectivity index (χ3n) is 14.1. The van der Waals surface area contributed by atoms with Crippen LogP contribution in [0.3, 0.4) is 0 Å². The topological polar surface area (TPSA) is 58.7 Å². The highest BCUT2D eigenvalue weighted by molar-refractivity contribution is 14.1. The highest BCUT2D eigenvalue weighted by Gasteiger charge is 2.41. The summed E-state index contributed by atoms with van der Waals surface area (Å²) in [4.78, 5) is 0. The summed E-state index contributed by atoms with van der Waals surface area (Å²) in [6.07, 6.45) is 17.6. The van der Waals surface area contributed by atoms with Gasteiger partial charge in [0.05, 0.1) is 8.99 Å². The van der Waals surface area contributed by atoms with E-state index in [1.54, 1.807) is 0 Å². The molecule has 0 bridgehead atoms. The number of fused-ring (bicyclic) bond motifs is 6. The van der Waals surface area contributed by atoms with Crippen molar-refractivity contribution in [1.82, 2.24) is 0 Å². The van der Waals surface area contributed by atoms with Crippen LogP contribution in [0.1, 0.15) is 160 Å². The highest BCUT2D eigenvalue weighted by Crippen LogP contribution is 2.57. The lowest BCUT2D eigenvalue weighted by Crippen LogP contribution is -2.43. The van der Waals surface area contributed by atoms with Crippen LogP contribution in [0.4, 0.5) is 0 Å². The molecule has 0 radical (unpaired) electrons. The SMILES string of the molecule is CCCCCCCCC1(C)c2ccccc2-c2ccc(-c3cc(C(=N)OC(=[NH2+])c4ccc(C(C)I)cc4)cc(-c4ccc5c(c4)C(I)(CCCCCCCC)c4ccccc4-5)c3)cc21. The zero-order valence-electron chi connectivity index (χ0n) is 38.3. The lowest BCUT2D eigenvalue weighted by molar-refractivity contribution is -0.130. The zero-order chi connectivity index (χ0) is 44.8. The molecule has 6 aromatic carbocycles. The van der Waals surface area contributed by atoms with E-state index in [1.165, 1.54) is 127 Å². The van der Waals surface area contributed by atoms with Crippen LogP contribution < -0.4 is 5.41 Å². The van der Waals surface area contributed by atoms with Crippen LogP contribution in [-0.2, 0) is 13.6 Å². The molecule has 3 unspecified atom stereocenters. The Labute approximate surface area is 410 Å². The summed E-state index contributed by atoms with van der Waals surface area (Å²) < 4.78 is 6.52. The molecule has 5 heteroatoms. The number of ether oxygens (including phenoxy) is 1. The number of nitrogens with two attached hydrogens (primary N) is 1. The van der Waals surface area contributed by atoms with Gasteiger partial charge in [-0.2, -0.15) is 0 Å². The lowest BCUT2D eigenvalue weighted by Gasteiger charge is -2.28. The second-order valence-corrected chi connectivity index (χ2v) is 22.3. The molecule has 2 aliphatic rings. The monoisotopic (exact) mass is 1070 g/mol. The number of hydrogen-bond acceptors (Lipinski definition) is 2. The van der Waals surface area contributed by atoms with E-state index in [1.807, 2.05) is 12.1 Å². The van der Waals surface area contributed by atoms with Gasteiger partial charge in [0.2, 0.25) is 5.90 Å². The van der Waals surface area contributed by atoms with Crippen LogP contribution in [0.2, 0.25) is 0 Å². The van der Waals surface area contributed by atoms with E-state index in [9.17, 15) is 5.41 Å². The van der Waals surface area contributed by atoms with E-state index in [4.69, 9.17) is 10.1 Å². The molecule has 0 saturated heterocycles. The van der Waals surface area contributed by atoms with Crippen molar-refractivity contribution in [2.75, 3.05) is 0 Å². The molecular formula is C59H65I2N2O+. The minimum atomic E-state index is -0.107. The molecule has 2 aliphatic carbocycles. The molecule has 8 rings (SSSR count). The third-order valence-corrected chi connectivity index (χ3v) is 16.6. The number of unbranched alkanes of at least 4 members (excludes halogenated alkanes) is 10. The first-order chi connectivity index (χ1) is 31.1. The van der Waals surface area contributed by atoms with Crippen LogP contribution in [0.5, 0.6) is 0 Å². The number of rotatable bonds is 19. The first-order valence-corrected chi connectivity index (χ1v) is 26.4. The minimum Gasteiger partial charge on any atom is -0.386 e. The summed E-state index contributed by atoms with van der Waals surface area (Å²) in [7, 11) is 0. The standard InChI is InChI=1S/C59H64I2N2O/c1-5-7-9-11-13-19-33-58(4)52-23-17-15-21-48(52)50-31-29-43(38-54(50)58)45-35-46(37-47(36-45)57(63)64-56(62)42-27-25-41(26-28-42)40(3)60)44-30-32-51-49-22-16-18-24-53(49)59(61,55(51)39-44)34-20-14-12-10-8-6-2/h15-18,21-32,35-40,62-63H,5-14,19-20,33-34H2,1-4H3/p+1. The van der Waals surface area contributed by atoms with Crippen LogP contribution in [0, 0.1) is 5.41 Å². The molecule has 3 N–H and O–H groups in total. The van der Waals surface area contributed by atoms with Gasteiger partial charge in [-0.05, 0) is 135 Å². The molecule has 3 atom stereocenters. The van der Waals surface area contributed by atoms with E-state index in [-0.39, 0.29) is 20.6 Å². The quantitative estimate of drug-likeness (QED) is 0.0274. The van der Waals surface area contributed by atoms with E-state index in [0.717, 1.165) is 40.7 Å². The Morgan fingerprint density at radius 3 is 1.66 bits per heavy atom. The minimum absolute atomic E-state index is 0.0355. The van der Waals surface area contributed by atoms with Crippen LogP contribution in [-0.4, -0.2) is 11.8 Å². The third kappa shape index (κ3) is 9.59. The number of alkyl halides is 2. The van der Waals surface area contributed by atoms with Gasteiger partial charge >= 0.3 is 5.90 Å². The molecule has 0 saturated carbocycles. The number of halogens is 2. The van der Waals surface area contributed by atoms with Crippen LogP contribution in [0.25, 0.3) is 44.5 Å². The molecule has 0 amide bonds. The van der Waals surface area contributed by atoms with Gasteiger partial charge in [-0.1, -0.05) is 228 Å². The molecule has 0 heterocycles. The summed E-state index contributed by atoms with van der Waals surface area (Å²) in [5, 5.41) is 16.1. The summed E-state index contributed by atoms with van der Waals surface area (Å²) in [6.45, 7) is 9.22. The Morgan fingerprint density at radius 1 is 0.547 bits per heavy atom. The van der Waals surface area contributed by atoms with Crippen molar-refractivity contribution < 1.29 is 10.1 Å². The summed E-state index contributed by atoms with van der Waals surface area (Å²) in [5.41, 5.74) is 18.1. The van der Waals surface area contributed by atoms with Crippen molar-refractivity contribution in [3.63, 3.8) is 0 Å². The predicted molar refractivity (Wildman–Crippen MR) is 288 cm³/mol. The van der Waals surface area contributed by atoms with Crippen molar-refractivity contribution in [3.8, 4) is 44.5 Å². The van der Waals surface area contributed by atoms with Gasteiger partial charge in [0.25, 0.3) is 0 Å². The van der Waals surface area contributed by atoms with E-state index in [0.29, 0.717) is 9.49 Å². The summed E-state index contributed by atoms with van der Waals surface area (Å²) in [6, 6.07) is 47.0. The maximum Gasteiger partial charge on any atom is 0.373 e. The Balaban J connectivity index is 1.18. The molecule has 3 nitrogen and oxygen atoms in total. The van der Waals surface area contributed by atoms with Gasteiger partial charge < -0.3 is 4.74 Å². The Hall–Kier alpha value is -4.08. The number of benzene rings is 6. The van der Waals surface area contributed by atoms with E-state index in [2.05, 4.69) is 188 Å². The van der Waals surface area contributed by atoms with Crippen molar-refractivity contribution in [3.05, 3.63) is 166 Å². The maximum absolute atomic E-state index is 9.43. The smallest absolute Gasteiger partial charge is 0.373 e. The predicted octanol–water partition coefficient (Wildman–Crippen LogP) is 16.5.